The van der Waals surface area contributed by atoms with E-state index >= 15 is 0 Å². The molecule has 2 aliphatic carbocycles. The van der Waals surface area contributed by atoms with Crippen LogP contribution in [-0.4, -0.2) is 5.11 Å². The molecule has 1 nitrogen and oxygen atoms in total. The Morgan fingerprint density at radius 2 is 1.00 bits per heavy atom. The Labute approximate surface area is 164 Å². The molecule has 0 heterocycles. The van der Waals surface area contributed by atoms with Crippen molar-refractivity contribution in [1.29, 1.82) is 0 Å². The predicted octanol–water partition coefficient (Wildman–Crippen LogP) is 5.64. The largest absolute Gasteiger partial charge is 0.379 e. The minimum atomic E-state index is -1.08. The standard InChI is InChI=1S/C27H20O/c28-27(24-15-7-5-13-22(24)23-14-6-8-16-25(23)27)26-20-11-3-1-9-18(20)17-19-10-2-4-12-21(19)26/h1-16,26,28H,17H2. The zero-order valence-corrected chi connectivity index (χ0v) is 15.5. The zero-order valence-electron chi connectivity index (χ0n) is 15.5. The summed E-state index contributed by atoms with van der Waals surface area (Å²) >= 11 is 0. The van der Waals surface area contributed by atoms with E-state index in [1.165, 1.54) is 22.3 Å². The Morgan fingerprint density at radius 3 is 1.54 bits per heavy atom. The van der Waals surface area contributed by atoms with Gasteiger partial charge in [0.1, 0.15) is 5.60 Å². The van der Waals surface area contributed by atoms with Gasteiger partial charge in [-0.3, -0.25) is 0 Å². The van der Waals surface area contributed by atoms with Crippen LogP contribution in [0, 0.1) is 0 Å². The van der Waals surface area contributed by atoms with Crippen LogP contribution in [0.4, 0.5) is 0 Å². The lowest BCUT2D eigenvalue weighted by Gasteiger charge is -2.40. The van der Waals surface area contributed by atoms with Gasteiger partial charge in [0.25, 0.3) is 0 Å². The lowest BCUT2D eigenvalue weighted by atomic mass is 9.67. The Balaban J connectivity index is 1.72. The molecule has 0 spiro atoms. The fourth-order valence-corrected chi connectivity index (χ4v) is 5.33. The van der Waals surface area contributed by atoms with Crippen molar-refractivity contribution < 1.29 is 5.11 Å². The average molecular weight is 360 g/mol. The van der Waals surface area contributed by atoms with Gasteiger partial charge >= 0.3 is 0 Å². The predicted molar refractivity (Wildman–Crippen MR) is 112 cm³/mol. The van der Waals surface area contributed by atoms with Crippen LogP contribution >= 0.6 is 0 Å². The van der Waals surface area contributed by atoms with E-state index < -0.39 is 5.60 Å². The normalized spacial score (nSPS) is 16.0. The molecule has 28 heavy (non-hydrogen) atoms. The summed E-state index contributed by atoms with van der Waals surface area (Å²) in [4.78, 5) is 0. The third-order valence-corrected chi connectivity index (χ3v) is 6.50. The highest BCUT2D eigenvalue weighted by Crippen LogP contribution is 2.57. The summed E-state index contributed by atoms with van der Waals surface area (Å²) in [6, 6.07) is 33.8. The molecule has 1 heteroatoms. The van der Waals surface area contributed by atoms with Gasteiger partial charge in [0.2, 0.25) is 0 Å². The number of benzene rings is 4. The molecule has 0 amide bonds. The molecule has 0 aliphatic heterocycles. The Bertz CT molecular complexity index is 1130. The molecule has 0 atom stereocenters. The van der Waals surface area contributed by atoms with Gasteiger partial charge in [-0.05, 0) is 50.9 Å². The van der Waals surface area contributed by atoms with Crippen molar-refractivity contribution in [3.05, 3.63) is 130 Å². The number of aliphatic hydroxyl groups is 1. The Hall–Kier alpha value is -3.16. The van der Waals surface area contributed by atoms with Crippen molar-refractivity contribution in [2.75, 3.05) is 0 Å². The van der Waals surface area contributed by atoms with Gasteiger partial charge in [-0.15, -0.1) is 0 Å². The van der Waals surface area contributed by atoms with Gasteiger partial charge in [-0.25, -0.2) is 0 Å². The second kappa shape index (κ2) is 5.67. The van der Waals surface area contributed by atoms with E-state index in [0.717, 1.165) is 28.7 Å². The van der Waals surface area contributed by atoms with Crippen LogP contribution in [-0.2, 0) is 12.0 Å². The van der Waals surface area contributed by atoms with Crippen LogP contribution in [0.2, 0.25) is 0 Å². The van der Waals surface area contributed by atoms with Crippen molar-refractivity contribution in [2.24, 2.45) is 0 Å². The SMILES string of the molecule is OC1(C2c3ccccc3Cc3ccccc32)c2ccccc2-c2ccccc21. The molecule has 4 aromatic carbocycles. The van der Waals surface area contributed by atoms with E-state index in [9.17, 15) is 5.11 Å². The number of rotatable bonds is 1. The molecule has 2 aliphatic rings. The maximum atomic E-state index is 12.5. The smallest absolute Gasteiger partial charge is 0.127 e. The van der Waals surface area contributed by atoms with Gasteiger partial charge in [-0.1, -0.05) is 97.1 Å². The summed E-state index contributed by atoms with van der Waals surface area (Å²) in [6.45, 7) is 0. The maximum absolute atomic E-state index is 12.5. The van der Waals surface area contributed by atoms with E-state index in [2.05, 4.69) is 84.9 Å². The van der Waals surface area contributed by atoms with Crippen LogP contribution in [0.5, 0.6) is 0 Å². The second-order valence-electron chi connectivity index (χ2n) is 7.86. The van der Waals surface area contributed by atoms with Crippen molar-refractivity contribution in [3.63, 3.8) is 0 Å². The molecule has 0 saturated heterocycles. The van der Waals surface area contributed by atoms with Crippen molar-refractivity contribution in [1.82, 2.24) is 0 Å². The zero-order chi connectivity index (χ0) is 18.7. The van der Waals surface area contributed by atoms with Gasteiger partial charge in [0.15, 0.2) is 0 Å². The molecule has 0 fully saturated rings. The molecular weight excluding hydrogens is 340 g/mol. The van der Waals surface area contributed by atoms with E-state index in [1.54, 1.807) is 0 Å². The lowest BCUT2D eigenvalue weighted by Crippen LogP contribution is -2.36. The summed E-state index contributed by atoms with van der Waals surface area (Å²) in [5.74, 6) is -0.126. The summed E-state index contributed by atoms with van der Waals surface area (Å²) in [6.07, 6.45) is 0.919. The number of hydrogen-bond donors (Lipinski definition) is 1. The molecular formula is C27H20O. The third-order valence-electron chi connectivity index (χ3n) is 6.50. The first-order chi connectivity index (χ1) is 13.8. The monoisotopic (exact) mass is 360 g/mol. The number of fused-ring (bicyclic) bond motifs is 5. The fourth-order valence-electron chi connectivity index (χ4n) is 5.33. The van der Waals surface area contributed by atoms with E-state index in [-0.39, 0.29) is 5.92 Å². The first-order valence-electron chi connectivity index (χ1n) is 9.86. The van der Waals surface area contributed by atoms with Crippen molar-refractivity contribution in [2.45, 2.75) is 17.9 Å². The van der Waals surface area contributed by atoms with Crippen LogP contribution in [0.1, 0.15) is 39.3 Å². The van der Waals surface area contributed by atoms with Crippen molar-refractivity contribution in [3.8, 4) is 11.1 Å². The van der Waals surface area contributed by atoms with Gasteiger partial charge < -0.3 is 5.11 Å². The highest BCUT2D eigenvalue weighted by Gasteiger charge is 2.50. The van der Waals surface area contributed by atoms with Crippen LogP contribution in [0.3, 0.4) is 0 Å². The molecule has 0 radical (unpaired) electrons. The maximum Gasteiger partial charge on any atom is 0.127 e. The van der Waals surface area contributed by atoms with E-state index in [4.69, 9.17) is 0 Å². The van der Waals surface area contributed by atoms with Gasteiger partial charge in [0, 0.05) is 5.92 Å². The molecule has 0 bridgehead atoms. The van der Waals surface area contributed by atoms with Gasteiger partial charge in [-0.2, -0.15) is 0 Å². The molecule has 0 aromatic heterocycles. The molecule has 134 valence electrons. The Morgan fingerprint density at radius 1 is 0.571 bits per heavy atom. The third kappa shape index (κ3) is 1.95. The second-order valence-corrected chi connectivity index (χ2v) is 7.86. The summed E-state index contributed by atoms with van der Waals surface area (Å²) in [5, 5.41) is 12.5. The summed E-state index contributed by atoms with van der Waals surface area (Å²) < 4.78 is 0. The molecule has 4 aromatic rings. The number of hydrogen-bond acceptors (Lipinski definition) is 1. The molecule has 1 N–H and O–H groups in total. The summed E-state index contributed by atoms with van der Waals surface area (Å²) in [5.41, 5.74) is 8.29. The minimum absolute atomic E-state index is 0.126. The molecule has 0 saturated carbocycles. The average Bonchev–Trinajstić information content (AvgIpc) is 3.02. The molecule has 6 rings (SSSR count). The summed E-state index contributed by atoms with van der Waals surface area (Å²) in [7, 11) is 0. The van der Waals surface area contributed by atoms with E-state index in [1.807, 2.05) is 12.1 Å². The highest BCUT2D eigenvalue weighted by molar-refractivity contribution is 5.81. The molecule has 0 unspecified atom stereocenters. The van der Waals surface area contributed by atoms with Crippen LogP contribution in [0.15, 0.2) is 97.1 Å². The van der Waals surface area contributed by atoms with Crippen LogP contribution in [0.25, 0.3) is 11.1 Å². The van der Waals surface area contributed by atoms with Crippen LogP contribution < -0.4 is 0 Å². The first kappa shape index (κ1) is 15.9. The highest BCUT2D eigenvalue weighted by atomic mass is 16.3. The van der Waals surface area contributed by atoms with E-state index in [0.29, 0.717) is 0 Å². The van der Waals surface area contributed by atoms with Gasteiger partial charge in [0.05, 0.1) is 0 Å². The first-order valence-corrected chi connectivity index (χ1v) is 9.86. The lowest BCUT2D eigenvalue weighted by molar-refractivity contribution is 0.0660. The topological polar surface area (TPSA) is 20.2 Å². The Kier molecular flexibility index (Phi) is 3.21. The fraction of sp³-hybridized carbons (Fsp3) is 0.111. The minimum Gasteiger partial charge on any atom is -0.379 e. The quantitative estimate of drug-likeness (QED) is 0.466. The van der Waals surface area contributed by atoms with Crippen molar-refractivity contribution >= 4 is 0 Å².